The van der Waals surface area contributed by atoms with Crippen molar-refractivity contribution in [3.05, 3.63) is 35.4 Å². The van der Waals surface area contributed by atoms with E-state index in [0.29, 0.717) is 11.0 Å². The number of rotatable bonds is 5. The molecule has 4 heteroatoms. The van der Waals surface area contributed by atoms with Gasteiger partial charge in [0.1, 0.15) is 0 Å². The summed E-state index contributed by atoms with van der Waals surface area (Å²) in [6.07, 6.45) is 1.15. The van der Waals surface area contributed by atoms with Crippen molar-refractivity contribution < 1.29 is 0 Å². The Labute approximate surface area is 167 Å². The molecular formula is C23H40N4. The maximum absolute atomic E-state index is 2.61. The lowest BCUT2D eigenvalue weighted by molar-refractivity contribution is -0.0776. The quantitative estimate of drug-likeness (QED) is 0.781. The maximum atomic E-state index is 2.61. The lowest BCUT2D eigenvalue weighted by Gasteiger charge is -2.47. The fourth-order valence-electron chi connectivity index (χ4n) is 4.19. The number of piperazine rings is 1. The Morgan fingerprint density at radius 2 is 1.26 bits per heavy atom. The third-order valence-electron chi connectivity index (χ3n) is 5.68. The molecule has 2 aliphatic rings. The Hall–Kier alpha value is -0.940. The highest BCUT2D eigenvalue weighted by molar-refractivity contribution is 5.23. The van der Waals surface area contributed by atoms with Crippen LogP contribution in [0.4, 0.5) is 0 Å². The molecule has 1 aromatic carbocycles. The molecule has 0 aromatic heterocycles. The molecule has 0 atom stereocenters. The highest BCUT2D eigenvalue weighted by Crippen LogP contribution is 2.22. The van der Waals surface area contributed by atoms with E-state index < -0.39 is 0 Å². The average molecular weight is 373 g/mol. The minimum Gasteiger partial charge on any atom is -0.296 e. The van der Waals surface area contributed by atoms with Crippen molar-refractivity contribution in [3.8, 4) is 0 Å². The van der Waals surface area contributed by atoms with Crippen molar-refractivity contribution in [2.24, 2.45) is 5.41 Å². The minimum absolute atomic E-state index is 0.308. The maximum Gasteiger partial charge on any atom is 0.0546 e. The van der Waals surface area contributed by atoms with E-state index in [9.17, 15) is 0 Å². The molecule has 0 unspecified atom stereocenters. The summed E-state index contributed by atoms with van der Waals surface area (Å²) < 4.78 is 0. The zero-order valence-electron chi connectivity index (χ0n) is 18.5. The van der Waals surface area contributed by atoms with Crippen LogP contribution < -0.4 is 0 Å². The monoisotopic (exact) mass is 372 g/mol. The molecule has 0 spiro atoms. The van der Waals surface area contributed by atoms with Crippen LogP contribution in [0.2, 0.25) is 0 Å². The van der Waals surface area contributed by atoms with E-state index in [4.69, 9.17) is 0 Å². The van der Waals surface area contributed by atoms with Gasteiger partial charge >= 0.3 is 0 Å². The lowest BCUT2D eigenvalue weighted by atomic mass is 9.88. The number of hydrogen-bond acceptors (Lipinski definition) is 4. The number of nitrogens with zero attached hydrogens (tertiary/aromatic N) is 4. The molecule has 0 saturated carbocycles. The smallest absolute Gasteiger partial charge is 0.0546 e. The first kappa shape index (κ1) is 20.8. The van der Waals surface area contributed by atoms with Crippen molar-refractivity contribution in [2.75, 3.05) is 46.2 Å². The molecule has 0 radical (unpaired) electrons. The zero-order chi connectivity index (χ0) is 19.7. The second kappa shape index (κ2) is 8.20. The van der Waals surface area contributed by atoms with Gasteiger partial charge < -0.3 is 0 Å². The fraction of sp³-hybridized carbons (Fsp3) is 0.739. The van der Waals surface area contributed by atoms with E-state index in [1.165, 1.54) is 37.3 Å². The van der Waals surface area contributed by atoms with Gasteiger partial charge in [-0.1, -0.05) is 45.0 Å². The molecule has 0 aliphatic carbocycles. The van der Waals surface area contributed by atoms with Gasteiger partial charge in [-0.2, -0.15) is 0 Å². The number of benzene rings is 1. The summed E-state index contributed by atoms with van der Waals surface area (Å²) in [5.74, 6) is 0. The van der Waals surface area contributed by atoms with E-state index in [1.54, 1.807) is 0 Å². The van der Waals surface area contributed by atoms with Crippen molar-refractivity contribution >= 4 is 0 Å². The van der Waals surface area contributed by atoms with Crippen molar-refractivity contribution in [1.29, 1.82) is 0 Å². The Bertz CT molecular complexity index is 582. The molecule has 0 amide bonds. The Morgan fingerprint density at radius 1 is 0.704 bits per heavy atom. The molecule has 4 nitrogen and oxygen atoms in total. The van der Waals surface area contributed by atoms with Gasteiger partial charge in [-0.15, -0.1) is 0 Å². The molecular weight excluding hydrogens is 332 g/mol. The van der Waals surface area contributed by atoms with Crippen LogP contribution in [0.25, 0.3) is 0 Å². The van der Waals surface area contributed by atoms with Gasteiger partial charge in [-0.25, -0.2) is 0 Å². The standard InChI is InChI=1S/C23H40N4/c1-22(2,3)15-20-7-9-21(10-8-20)16-25-18-26(19-25)17-24-11-13-27(14-12-24)23(4,5)6/h7-10H,11-19H2,1-6H3. The summed E-state index contributed by atoms with van der Waals surface area (Å²) in [6, 6.07) is 9.25. The molecule has 2 aliphatic heterocycles. The van der Waals surface area contributed by atoms with Crippen LogP contribution in [0.15, 0.2) is 24.3 Å². The summed E-state index contributed by atoms with van der Waals surface area (Å²) in [7, 11) is 0. The second-order valence-electron chi connectivity index (χ2n) is 10.8. The van der Waals surface area contributed by atoms with Gasteiger partial charge in [0.05, 0.1) is 20.0 Å². The molecule has 0 bridgehead atoms. The van der Waals surface area contributed by atoms with Crippen LogP contribution in [0.3, 0.4) is 0 Å². The first-order valence-corrected chi connectivity index (χ1v) is 10.6. The van der Waals surface area contributed by atoms with Crippen molar-refractivity contribution in [1.82, 2.24) is 19.6 Å². The van der Waals surface area contributed by atoms with E-state index in [-0.39, 0.29) is 0 Å². The average Bonchev–Trinajstić information content (AvgIpc) is 2.53. The molecule has 0 N–H and O–H groups in total. The molecule has 3 rings (SSSR count). The topological polar surface area (TPSA) is 13.0 Å². The van der Waals surface area contributed by atoms with Crippen LogP contribution in [0, 0.1) is 5.41 Å². The summed E-state index contributed by atoms with van der Waals surface area (Å²) >= 11 is 0. The van der Waals surface area contributed by atoms with Crippen LogP contribution in [0.1, 0.15) is 52.7 Å². The van der Waals surface area contributed by atoms with Crippen LogP contribution >= 0.6 is 0 Å². The first-order chi connectivity index (χ1) is 12.6. The highest BCUT2D eigenvalue weighted by Gasteiger charge is 2.29. The summed E-state index contributed by atoms with van der Waals surface area (Å²) in [4.78, 5) is 10.3. The van der Waals surface area contributed by atoms with Gasteiger partial charge in [0.25, 0.3) is 0 Å². The predicted molar refractivity (Wildman–Crippen MR) is 114 cm³/mol. The second-order valence-corrected chi connectivity index (χ2v) is 10.8. The third-order valence-corrected chi connectivity index (χ3v) is 5.68. The highest BCUT2D eigenvalue weighted by atomic mass is 15.5. The Balaban J connectivity index is 1.36. The minimum atomic E-state index is 0.308. The molecule has 2 saturated heterocycles. The van der Waals surface area contributed by atoms with Crippen LogP contribution in [-0.4, -0.2) is 71.3 Å². The van der Waals surface area contributed by atoms with Gasteiger partial charge in [0.15, 0.2) is 0 Å². The normalized spacial score (nSPS) is 21.4. The first-order valence-electron chi connectivity index (χ1n) is 10.6. The predicted octanol–water partition coefficient (Wildman–Crippen LogP) is 3.68. The van der Waals surface area contributed by atoms with Crippen LogP contribution in [0.5, 0.6) is 0 Å². The fourth-order valence-corrected chi connectivity index (χ4v) is 4.19. The van der Waals surface area contributed by atoms with Gasteiger partial charge in [0, 0.05) is 38.3 Å². The number of hydrogen-bond donors (Lipinski definition) is 0. The molecule has 2 heterocycles. The summed E-state index contributed by atoms with van der Waals surface area (Å²) in [5.41, 5.74) is 3.55. The van der Waals surface area contributed by atoms with E-state index in [0.717, 1.165) is 33.0 Å². The van der Waals surface area contributed by atoms with E-state index in [2.05, 4.69) is 85.4 Å². The van der Waals surface area contributed by atoms with Gasteiger partial charge in [-0.3, -0.25) is 19.6 Å². The molecule has 1 aromatic rings. The summed E-state index contributed by atoms with van der Waals surface area (Å²) in [5, 5.41) is 0. The van der Waals surface area contributed by atoms with Gasteiger partial charge in [-0.05, 0) is 43.7 Å². The third kappa shape index (κ3) is 6.28. The molecule has 2 fully saturated rings. The van der Waals surface area contributed by atoms with Crippen molar-refractivity contribution in [2.45, 2.75) is 60.0 Å². The van der Waals surface area contributed by atoms with Crippen molar-refractivity contribution in [3.63, 3.8) is 0 Å². The lowest BCUT2D eigenvalue weighted by Crippen LogP contribution is -2.60. The largest absolute Gasteiger partial charge is 0.296 e. The van der Waals surface area contributed by atoms with E-state index >= 15 is 0 Å². The van der Waals surface area contributed by atoms with Crippen LogP contribution in [-0.2, 0) is 13.0 Å². The Kier molecular flexibility index (Phi) is 6.31. The molecule has 27 heavy (non-hydrogen) atoms. The summed E-state index contributed by atoms with van der Waals surface area (Å²) in [6.45, 7) is 23.1. The zero-order valence-corrected chi connectivity index (χ0v) is 18.5. The van der Waals surface area contributed by atoms with Gasteiger partial charge in [0.2, 0.25) is 0 Å². The molecule has 152 valence electrons. The van der Waals surface area contributed by atoms with E-state index in [1.807, 2.05) is 0 Å². The SMILES string of the molecule is CC(C)(C)Cc1ccc(CN2CN(CN3CCN(C(C)(C)C)CC3)C2)cc1. The Morgan fingerprint density at radius 3 is 1.78 bits per heavy atom.